The zero-order valence-corrected chi connectivity index (χ0v) is 17.0. The molecule has 0 radical (unpaired) electrons. The Morgan fingerprint density at radius 2 is 2.03 bits per heavy atom. The lowest BCUT2D eigenvalue weighted by Crippen LogP contribution is -2.30. The summed E-state index contributed by atoms with van der Waals surface area (Å²) in [6.07, 6.45) is 2.43. The van der Waals surface area contributed by atoms with E-state index in [1.54, 1.807) is 18.4 Å². The molecule has 4 heterocycles. The van der Waals surface area contributed by atoms with E-state index < -0.39 is 42.4 Å². The second kappa shape index (κ2) is 7.05. The molecule has 5 rings (SSSR count). The average molecular weight is 437 g/mol. The van der Waals surface area contributed by atoms with Crippen LogP contribution in [0.3, 0.4) is 0 Å². The monoisotopic (exact) mass is 437 g/mol. The third kappa shape index (κ3) is 3.52. The van der Waals surface area contributed by atoms with Crippen LogP contribution in [0.25, 0.3) is 11.2 Å². The minimum Gasteiger partial charge on any atom is -0.353 e. The second-order valence-electron chi connectivity index (χ2n) is 8.61. The Morgan fingerprint density at radius 3 is 2.74 bits per heavy atom. The molecule has 0 spiro atoms. The van der Waals surface area contributed by atoms with Crippen molar-refractivity contribution in [1.82, 2.24) is 19.5 Å². The van der Waals surface area contributed by atoms with Gasteiger partial charge in [0, 0.05) is 6.04 Å². The highest BCUT2D eigenvalue weighted by molar-refractivity contribution is 5.73. The van der Waals surface area contributed by atoms with E-state index >= 15 is 0 Å². The first-order valence-corrected chi connectivity index (χ1v) is 10.1. The summed E-state index contributed by atoms with van der Waals surface area (Å²) in [6, 6.07) is -0.382. The van der Waals surface area contributed by atoms with Crippen molar-refractivity contribution in [2.75, 3.05) is 5.32 Å². The van der Waals surface area contributed by atoms with E-state index in [1.165, 1.54) is 12.5 Å². The van der Waals surface area contributed by atoms with Gasteiger partial charge in [-0.1, -0.05) is 5.92 Å². The molecule has 3 aliphatic rings. The van der Waals surface area contributed by atoms with Crippen molar-refractivity contribution in [2.45, 2.75) is 75.7 Å². The van der Waals surface area contributed by atoms with Crippen LogP contribution >= 0.6 is 0 Å². The number of imidazole rings is 1. The van der Waals surface area contributed by atoms with Crippen LogP contribution in [0.1, 0.15) is 39.3 Å². The molecule has 8 nitrogen and oxygen atoms in total. The van der Waals surface area contributed by atoms with Crippen molar-refractivity contribution in [3.63, 3.8) is 0 Å². The Bertz CT molecular complexity index is 1030. The van der Waals surface area contributed by atoms with Crippen molar-refractivity contribution in [2.24, 2.45) is 5.92 Å². The summed E-state index contributed by atoms with van der Waals surface area (Å²) in [4.78, 5) is 12.8. The van der Waals surface area contributed by atoms with Gasteiger partial charge in [-0.3, -0.25) is 4.57 Å². The number of rotatable bonds is 3. The standard InChI is InChI=1S/C20H22F3N5O3/c1-4-13-14-15(31-19(2,3)30-14)17(29-13)28-16-12(8-24-9-25-16)27-18(28)26-11-6-5-10(7-11)20(21,22)23/h1,8-11,13-15,17H,5-7H2,2-3H3,(H,26,27)/t10?,11?,13-,14-,15-,17-/m1/s1. The fourth-order valence-electron chi connectivity index (χ4n) is 4.70. The first-order chi connectivity index (χ1) is 14.7. The van der Waals surface area contributed by atoms with Crippen LogP contribution in [0.2, 0.25) is 0 Å². The largest absolute Gasteiger partial charge is 0.391 e. The van der Waals surface area contributed by atoms with Gasteiger partial charge >= 0.3 is 6.18 Å². The van der Waals surface area contributed by atoms with E-state index in [1.807, 2.05) is 0 Å². The Balaban J connectivity index is 1.50. The molecule has 11 heteroatoms. The van der Waals surface area contributed by atoms with Crippen LogP contribution in [-0.4, -0.2) is 55.8 Å². The van der Waals surface area contributed by atoms with Gasteiger partial charge in [0.1, 0.15) is 30.2 Å². The van der Waals surface area contributed by atoms with Gasteiger partial charge in [-0.25, -0.2) is 15.0 Å². The summed E-state index contributed by atoms with van der Waals surface area (Å²) < 4.78 is 59.2. The Kier molecular flexibility index (Phi) is 4.66. The van der Waals surface area contributed by atoms with Crippen LogP contribution in [0.5, 0.6) is 0 Å². The van der Waals surface area contributed by atoms with Crippen molar-refractivity contribution in [3.05, 3.63) is 12.5 Å². The maximum absolute atomic E-state index is 13.1. The zero-order chi connectivity index (χ0) is 22.0. The molecule has 0 aromatic carbocycles. The first kappa shape index (κ1) is 20.5. The Morgan fingerprint density at radius 1 is 1.26 bits per heavy atom. The molecular formula is C20H22F3N5O3. The molecule has 166 valence electrons. The number of hydrogen-bond donors (Lipinski definition) is 1. The van der Waals surface area contributed by atoms with Gasteiger partial charge in [-0.15, -0.1) is 6.42 Å². The third-order valence-corrected chi connectivity index (χ3v) is 6.03. The molecule has 6 atom stereocenters. The quantitative estimate of drug-likeness (QED) is 0.739. The predicted molar refractivity (Wildman–Crippen MR) is 103 cm³/mol. The highest BCUT2D eigenvalue weighted by Crippen LogP contribution is 2.45. The fourth-order valence-corrected chi connectivity index (χ4v) is 4.70. The van der Waals surface area contributed by atoms with Crippen LogP contribution in [-0.2, 0) is 14.2 Å². The minimum atomic E-state index is -4.20. The summed E-state index contributed by atoms with van der Waals surface area (Å²) in [5.74, 6) is 0.758. The van der Waals surface area contributed by atoms with Gasteiger partial charge in [0.2, 0.25) is 5.95 Å². The van der Waals surface area contributed by atoms with E-state index in [0.29, 0.717) is 23.5 Å². The van der Waals surface area contributed by atoms with E-state index in [-0.39, 0.29) is 18.9 Å². The van der Waals surface area contributed by atoms with E-state index in [4.69, 9.17) is 20.6 Å². The number of nitrogens with one attached hydrogen (secondary N) is 1. The van der Waals surface area contributed by atoms with Gasteiger partial charge in [-0.2, -0.15) is 13.2 Å². The SMILES string of the molecule is C#C[C@H]1O[C@@H](n2c(NC3CCC(C(F)(F)F)C3)nc3cncnc32)[C@@H]2OC(C)(C)O[C@@H]21. The summed E-state index contributed by atoms with van der Waals surface area (Å²) in [5, 5.41) is 3.17. The summed E-state index contributed by atoms with van der Waals surface area (Å²) >= 11 is 0. The molecule has 2 unspecified atom stereocenters. The summed E-state index contributed by atoms with van der Waals surface area (Å²) in [6.45, 7) is 3.58. The van der Waals surface area contributed by atoms with Crippen LogP contribution < -0.4 is 5.32 Å². The molecule has 2 saturated heterocycles. The zero-order valence-electron chi connectivity index (χ0n) is 17.0. The van der Waals surface area contributed by atoms with Crippen molar-refractivity contribution >= 4 is 17.1 Å². The maximum atomic E-state index is 13.1. The topological polar surface area (TPSA) is 83.3 Å². The predicted octanol–water partition coefficient (Wildman–Crippen LogP) is 3.02. The highest BCUT2D eigenvalue weighted by Gasteiger charge is 2.56. The number of anilines is 1. The number of terminal acetylenes is 1. The Labute approximate surface area is 176 Å². The number of hydrogen-bond acceptors (Lipinski definition) is 7. The normalized spacial score (nSPS) is 34.7. The molecule has 1 saturated carbocycles. The van der Waals surface area contributed by atoms with Crippen LogP contribution in [0.15, 0.2) is 12.5 Å². The van der Waals surface area contributed by atoms with Gasteiger partial charge < -0.3 is 19.5 Å². The van der Waals surface area contributed by atoms with Crippen molar-refractivity contribution < 1.29 is 27.4 Å². The highest BCUT2D eigenvalue weighted by atomic mass is 19.4. The molecule has 2 aliphatic heterocycles. The van der Waals surface area contributed by atoms with Gasteiger partial charge in [0.05, 0.1) is 12.1 Å². The Hall–Kier alpha value is -2.42. The van der Waals surface area contributed by atoms with Gasteiger partial charge in [0.15, 0.2) is 17.7 Å². The molecule has 2 aromatic heterocycles. The number of ether oxygens (including phenoxy) is 3. The van der Waals surface area contributed by atoms with Gasteiger partial charge in [0.25, 0.3) is 0 Å². The molecule has 31 heavy (non-hydrogen) atoms. The van der Waals surface area contributed by atoms with E-state index in [2.05, 4.69) is 26.2 Å². The minimum absolute atomic E-state index is 0.0183. The molecule has 1 aliphatic carbocycles. The molecule has 2 aromatic rings. The second-order valence-corrected chi connectivity index (χ2v) is 8.61. The molecule has 1 N–H and O–H groups in total. The van der Waals surface area contributed by atoms with Crippen LogP contribution in [0, 0.1) is 18.3 Å². The number of alkyl halides is 3. The summed E-state index contributed by atoms with van der Waals surface area (Å²) in [5.41, 5.74) is 0.954. The lowest BCUT2D eigenvalue weighted by atomic mass is 10.1. The number of nitrogens with zero attached hydrogens (tertiary/aromatic N) is 4. The van der Waals surface area contributed by atoms with E-state index in [0.717, 1.165) is 0 Å². The van der Waals surface area contributed by atoms with Crippen molar-refractivity contribution in [3.8, 4) is 12.3 Å². The average Bonchev–Trinajstić information content (AvgIpc) is 3.43. The molecular weight excluding hydrogens is 415 g/mol. The molecule has 0 bridgehead atoms. The number of aromatic nitrogens is 4. The number of fused-ring (bicyclic) bond motifs is 2. The summed E-state index contributed by atoms with van der Waals surface area (Å²) in [7, 11) is 0. The first-order valence-electron chi connectivity index (χ1n) is 10.1. The maximum Gasteiger partial charge on any atom is 0.391 e. The van der Waals surface area contributed by atoms with Crippen molar-refractivity contribution in [1.29, 1.82) is 0 Å². The van der Waals surface area contributed by atoms with E-state index in [9.17, 15) is 13.2 Å². The lowest BCUT2D eigenvalue weighted by Gasteiger charge is -2.25. The third-order valence-electron chi connectivity index (χ3n) is 6.03. The number of halogens is 3. The van der Waals surface area contributed by atoms with Gasteiger partial charge in [-0.05, 0) is 33.1 Å². The molecule has 0 amide bonds. The fraction of sp³-hybridized carbons (Fsp3) is 0.650. The smallest absolute Gasteiger partial charge is 0.353 e. The lowest BCUT2D eigenvalue weighted by molar-refractivity contribution is -0.190. The van der Waals surface area contributed by atoms with Crippen LogP contribution in [0.4, 0.5) is 19.1 Å². The molecule has 3 fully saturated rings.